The first kappa shape index (κ1) is 21.6. The summed E-state index contributed by atoms with van der Waals surface area (Å²) < 4.78 is 37.9. The Balaban J connectivity index is 2.39. The summed E-state index contributed by atoms with van der Waals surface area (Å²) in [5.74, 6) is 0.426. The van der Waals surface area contributed by atoms with Crippen LogP contribution >= 0.6 is 0 Å². The second-order valence-corrected chi connectivity index (χ2v) is 8.79. The first-order valence-electron chi connectivity index (χ1n) is 9.36. The molecule has 0 amide bonds. The van der Waals surface area contributed by atoms with E-state index in [0.717, 1.165) is 22.4 Å². The number of benzene rings is 2. The van der Waals surface area contributed by atoms with Crippen molar-refractivity contribution < 1.29 is 22.4 Å². The Hall–Kier alpha value is -1.73. The summed E-state index contributed by atoms with van der Waals surface area (Å²) in [7, 11) is -3.23. The second kappa shape index (κ2) is 9.99. The van der Waals surface area contributed by atoms with Crippen LogP contribution in [0.15, 0.2) is 36.4 Å². The third-order valence-electron chi connectivity index (χ3n) is 3.99. The van der Waals surface area contributed by atoms with Crippen LogP contribution in [0.5, 0.6) is 5.75 Å². The zero-order chi connectivity index (χ0) is 19.9. The van der Waals surface area contributed by atoms with Gasteiger partial charge in [0.25, 0.3) is 0 Å². The molecule has 27 heavy (non-hydrogen) atoms. The van der Waals surface area contributed by atoms with E-state index in [9.17, 15) is 4.39 Å². The second-order valence-electron chi connectivity index (χ2n) is 6.27. The van der Waals surface area contributed by atoms with E-state index in [2.05, 4.69) is 6.07 Å². The summed E-state index contributed by atoms with van der Waals surface area (Å²) in [5.41, 5.74) is 3.06. The van der Waals surface area contributed by atoms with Gasteiger partial charge in [0.15, 0.2) is 0 Å². The van der Waals surface area contributed by atoms with Crippen molar-refractivity contribution in [2.24, 2.45) is 0 Å². The van der Waals surface area contributed by atoms with Crippen LogP contribution in [0.2, 0.25) is 0 Å². The van der Waals surface area contributed by atoms with Gasteiger partial charge in [-0.25, -0.2) is 4.39 Å². The van der Waals surface area contributed by atoms with Crippen molar-refractivity contribution in [2.75, 3.05) is 19.8 Å². The molecule has 0 radical (unpaired) electrons. The Morgan fingerprint density at radius 2 is 1.37 bits per heavy atom. The summed E-state index contributed by atoms with van der Waals surface area (Å²) in [6.45, 7) is 11.2. The molecule has 0 aliphatic carbocycles. The molecule has 0 saturated carbocycles. The summed E-state index contributed by atoms with van der Waals surface area (Å²) in [6, 6.07) is 10.6. The molecule has 0 unspecified atom stereocenters. The fourth-order valence-electron chi connectivity index (χ4n) is 3.07. The molecule has 148 valence electrons. The maximum Gasteiger partial charge on any atom is 0.537 e. The van der Waals surface area contributed by atoms with E-state index in [-0.39, 0.29) is 12.4 Å². The van der Waals surface area contributed by atoms with Gasteiger partial charge >= 0.3 is 8.80 Å². The maximum atomic E-state index is 14.1. The molecule has 0 fully saturated rings. The van der Waals surface area contributed by atoms with Crippen LogP contribution in [-0.4, -0.2) is 28.6 Å². The molecule has 0 N–H and O–H groups in total. The Morgan fingerprint density at radius 1 is 0.815 bits per heavy atom. The molecule has 0 atom stereocenters. The molecule has 4 nitrogen and oxygen atoms in total. The van der Waals surface area contributed by atoms with E-state index < -0.39 is 8.80 Å². The van der Waals surface area contributed by atoms with Gasteiger partial charge in [0.2, 0.25) is 0 Å². The van der Waals surface area contributed by atoms with Crippen LogP contribution in [0, 0.1) is 19.7 Å². The van der Waals surface area contributed by atoms with Crippen LogP contribution in [0.1, 0.15) is 37.5 Å². The normalized spacial score (nSPS) is 11.6. The summed E-state index contributed by atoms with van der Waals surface area (Å²) in [6.07, 6.45) is 0. The van der Waals surface area contributed by atoms with Crippen molar-refractivity contribution in [1.82, 2.24) is 0 Å². The highest BCUT2D eigenvalue weighted by atomic mass is 28.4. The molecule has 0 aromatic heterocycles. The Morgan fingerprint density at radius 3 is 1.89 bits per heavy atom. The van der Waals surface area contributed by atoms with Crippen LogP contribution in [0.3, 0.4) is 0 Å². The van der Waals surface area contributed by atoms with Crippen molar-refractivity contribution in [2.45, 2.75) is 41.2 Å². The fourth-order valence-corrected chi connectivity index (χ4v) is 5.79. The van der Waals surface area contributed by atoms with Crippen LogP contribution < -0.4 is 9.92 Å². The molecule has 0 heterocycles. The third kappa shape index (κ3) is 5.62. The highest BCUT2D eigenvalue weighted by Gasteiger charge is 2.45. The van der Waals surface area contributed by atoms with E-state index in [1.54, 1.807) is 6.07 Å². The van der Waals surface area contributed by atoms with Gasteiger partial charge in [-0.1, -0.05) is 12.1 Å². The molecular formula is C21H29FO4Si. The van der Waals surface area contributed by atoms with Crippen LogP contribution in [0.4, 0.5) is 4.39 Å². The molecule has 0 aliphatic rings. The van der Waals surface area contributed by atoms with Crippen molar-refractivity contribution in [3.8, 4) is 5.75 Å². The predicted octanol–water partition coefficient (Wildman–Crippen LogP) is 4.28. The van der Waals surface area contributed by atoms with E-state index in [1.807, 2.05) is 46.8 Å². The smallest absolute Gasteiger partial charge is 0.489 e. The lowest BCUT2D eigenvalue weighted by molar-refractivity contribution is 0.0854. The van der Waals surface area contributed by atoms with Gasteiger partial charge in [0.05, 0.1) is 0 Å². The summed E-state index contributed by atoms with van der Waals surface area (Å²) >= 11 is 0. The fraction of sp³-hybridized carbons (Fsp3) is 0.429. The van der Waals surface area contributed by atoms with Crippen LogP contribution in [-0.2, 0) is 19.9 Å². The quantitative estimate of drug-likeness (QED) is 0.566. The Bertz CT molecular complexity index is 714. The average Bonchev–Trinajstić information content (AvgIpc) is 2.60. The largest absolute Gasteiger partial charge is 0.537 e. The maximum absolute atomic E-state index is 14.1. The van der Waals surface area contributed by atoms with Gasteiger partial charge in [-0.15, -0.1) is 0 Å². The Labute approximate surface area is 162 Å². The van der Waals surface area contributed by atoms with Gasteiger partial charge in [-0.05, 0) is 75.6 Å². The molecule has 6 heteroatoms. The number of aryl methyl sites for hydroxylation is 2. The van der Waals surface area contributed by atoms with Crippen molar-refractivity contribution >= 4 is 14.0 Å². The van der Waals surface area contributed by atoms with E-state index >= 15 is 0 Å². The van der Waals surface area contributed by atoms with E-state index in [4.69, 9.17) is 18.0 Å². The Kier molecular flexibility index (Phi) is 7.98. The first-order chi connectivity index (χ1) is 12.9. The van der Waals surface area contributed by atoms with Gasteiger partial charge in [0.1, 0.15) is 18.2 Å². The lowest BCUT2D eigenvalue weighted by atomic mass is 10.1. The number of hydrogen-bond donors (Lipinski definition) is 0. The van der Waals surface area contributed by atoms with Crippen molar-refractivity contribution in [1.29, 1.82) is 0 Å². The third-order valence-corrected chi connectivity index (χ3v) is 7.13. The zero-order valence-electron chi connectivity index (χ0n) is 16.8. The standard InChI is InChI=1S/C21H29FO4Si/c1-6-24-27(25-7-2,26-8-3)21-14-19(22)10-9-18(21)15-23-20-12-16(4)11-17(5)13-20/h9-14H,6-8,15H2,1-5H3. The monoisotopic (exact) mass is 392 g/mol. The topological polar surface area (TPSA) is 36.9 Å². The predicted molar refractivity (Wildman–Crippen MR) is 107 cm³/mol. The minimum absolute atomic E-state index is 0.278. The number of hydrogen-bond acceptors (Lipinski definition) is 4. The van der Waals surface area contributed by atoms with E-state index in [0.29, 0.717) is 25.0 Å². The molecule has 0 saturated heterocycles. The summed E-state index contributed by atoms with van der Waals surface area (Å²) in [4.78, 5) is 0. The van der Waals surface area contributed by atoms with Crippen molar-refractivity contribution in [3.63, 3.8) is 0 Å². The molecule has 0 aliphatic heterocycles. The molecule has 0 spiro atoms. The minimum atomic E-state index is -3.23. The number of rotatable bonds is 10. The lowest BCUT2D eigenvalue weighted by Gasteiger charge is -2.30. The van der Waals surface area contributed by atoms with Crippen molar-refractivity contribution in [3.05, 3.63) is 58.9 Å². The molecule has 2 rings (SSSR count). The van der Waals surface area contributed by atoms with Gasteiger partial charge in [-0.2, -0.15) is 0 Å². The zero-order valence-corrected chi connectivity index (χ0v) is 17.8. The lowest BCUT2D eigenvalue weighted by Crippen LogP contribution is -2.58. The highest BCUT2D eigenvalue weighted by Crippen LogP contribution is 2.20. The molecule has 2 aromatic carbocycles. The SMILES string of the molecule is CCO[Si](OCC)(OCC)c1cc(F)ccc1COc1cc(C)cc(C)c1. The molecule has 2 aromatic rings. The van der Waals surface area contributed by atoms with E-state index in [1.165, 1.54) is 12.1 Å². The van der Waals surface area contributed by atoms with Gasteiger partial charge < -0.3 is 18.0 Å². The molecule has 0 bridgehead atoms. The first-order valence-corrected chi connectivity index (χ1v) is 11.1. The summed E-state index contributed by atoms with van der Waals surface area (Å²) in [5, 5.41) is 0.623. The highest BCUT2D eigenvalue weighted by molar-refractivity contribution is 6.75. The van der Waals surface area contributed by atoms with Gasteiger partial charge in [-0.3, -0.25) is 0 Å². The number of ether oxygens (including phenoxy) is 1. The average molecular weight is 393 g/mol. The van der Waals surface area contributed by atoms with Gasteiger partial charge in [0, 0.05) is 25.0 Å². The number of halogens is 1. The van der Waals surface area contributed by atoms with Crippen LogP contribution in [0.25, 0.3) is 0 Å². The minimum Gasteiger partial charge on any atom is -0.489 e. The molecular weight excluding hydrogens is 363 g/mol.